The molecule has 2 bridgehead atoms. The van der Waals surface area contributed by atoms with Crippen molar-refractivity contribution < 1.29 is 23.1 Å². The highest BCUT2D eigenvalue weighted by Crippen LogP contribution is 2.47. The summed E-state index contributed by atoms with van der Waals surface area (Å²) in [5.74, 6) is -0.351. The maximum absolute atomic E-state index is 12.9. The second-order valence-corrected chi connectivity index (χ2v) is 7.16. The van der Waals surface area contributed by atoms with Crippen molar-refractivity contribution in [1.29, 1.82) is 0 Å². The summed E-state index contributed by atoms with van der Waals surface area (Å²) in [6, 6.07) is 0.616. The van der Waals surface area contributed by atoms with Crippen molar-refractivity contribution in [3.63, 3.8) is 0 Å². The molecule has 3 N–H and O–H groups in total. The van der Waals surface area contributed by atoms with Crippen molar-refractivity contribution in [2.45, 2.75) is 81.3 Å². The van der Waals surface area contributed by atoms with E-state index in [1.807, 2.05) is 0 Å². The summed E-state index contributed by atoms with van der Waals surface area (Å²) in [7, 11) is 0. The van der Waals surface area contributed by atoms with Gasteiger partial charge < -0.3 is 10.8 Å². The molecule has 1 aliphatic carbocycles. The van der Waals surface area contributed by atoms with Gasteiger partial charge >= 0.3 is 6.18 Å². The van der Waals surface area contributed by atoms with Gasteiger partial charge in [0.05, 0.1) is 0 Å². The number of nitrogens with zero attached hydrogens (tertiary/aromatic N) is 1. The van der Waals surface area contributed by atoms with E-state index in [-0.39, 0.29) is 42.8 Å². The number of nitrogens with two attached hydrogens (primary N) is 1. The van der Waals surface area contributed by atoms with E-state index < -0.39 is 11.8 Å². The average molecular weight is 320 g/mol. The molecule has 1 amide bonds. The van der Waals surface area contributed by atoms with E-state index in [1.54, 1.807) is 0 Å². The summed E-state index contributed by atoms with van der Waals surface area (Å²) >= 11 is 0. The van der Waals surface area contributed by atoms with E-state index >= 15 is 0 Å². The normalized spacial score (nSPS) is 43.3. The van der Waals surface area contributed by atoms with Gasteiger partial charge in [-0.2, -0.15) is 13.2 Å². The van der Waals surface area contributed by atoms with Gasteiger partial charge in [-0.25, -0.2) is 0 Å². The molecule has 126 valence electrons. The standard InChI is InChI=1S/C15H23F3N2O2/c16-15(17,18)14(22)5-3-10(4-6-14)20-11-1-2-12(20)8-9(7-11)13(19)21/h9-12,22H,1-8H2,(H2,19,21)/t10?,11-,12-,14?/m1/s1. The molecule has 0 radical (unpaired) electrons. The Morgan fingerprint density at radius 3 is 1.95 bits per heavy atom. The molecular weight excluding hydrogens is 297 g/mol. The number of halogens is 3. The summed E-state index contributed by atoms with van der Waals surface area (Å²) in [6.07, 6.45) is -0.822. The third-order valence-electron chi connectivity index (χ3n) is 5.92. The lowest BCUT2D eigenvalue weighted by atomic mass is 9.79. The Kier molecular flexibility index (Phi) is 3.92. The zero-order chi connectivity index (χ0) is 16.1. The van der Waals surface area contributed by atoms with Crippen LogP contribution in [0.5, 0.6) is 0 Å². The lowest BCUT2D eigenvalue weighted by Crippen LogP contribution is -2.55. The van der Waals surface area contributed by atoms with Crippen molar-refractivity contribution in [1.82, 2.24) is 4.90 Å². The Morgan fingerprint density at radius 1 is 1.05 bits per heavy atom. The maximum Gasteiger partial charge on any atom is 0.417 e. The second-order valence-electron chi connectivity index (χ2n) is 7.16. The van der Waals surface area contributed by atoms with Crippen molar-refractivity contribution >= 4 is 5.91 Å². The monoisotopic (exact) mass is 320 g/mol. The van der Waals surface area contributed by atoms with E-state index in [9.17, 15) is 23.1 Å². The van der Waals surface area contributed by atoms with Crippen LogP contribution in [0.4, 0.5) is 13.2 Å². The van der Waals surface area contributed by atoms with Crippen molar-refractivity contribution in [2.75, 3.05) is 0 Å². The molecule has 7 heteroatoms. The fraction of sp³-hybridized carbons (Fsp3) is 0.933. The number of aliphatic hydroxyl groups is 1. The molecule has 2 aliphatic heterocycles. The van der Waals surface area contributed by atoms with Crippen LogP contribution >= 0.6 is 0 Å². The SMILES string of the molecule is NC(=O)C1C[C@H]2CC[C@H](C1)N2C1CCC(O)(C(F)(F)F)CC1. The first-order valence-corrected chi connectivity index (χ1v) is 8.07. The number of piperidine rings is 1. The number of rotatable bonds is 2. The van der Waals surface area contributed by atoms with E-state index in [0.717, 1.165) is 25.7 Å². The molecule has 2 saturated heterocycles. The fourth-order valence-electron chi connectivity index (χ4n) is 4.70. The highest BCUT2D eigenvalue weighted by molar-refractivity contribution is 5.76. The van der Waals surface area contributed by atoms with Gasteiger partial charge in [-0.05, 0) is 51.4 Å². The van der Waals surface area contributed by atoms with Crippen LogP contribution in [-0.2, 0) is 4.79 Å². The molecule has 22 heavy (non-hydrogen) atoms. The van der Waals surface area contributed by atoms with E-state index in [4.69, 9.17) is 5.73 Å². The molecule has 3 rings (SSSR count). The number of fused-ring (bicyclic) bond motifs is 2. The molecule has 0 aromatic carbocycles. The second kappa shape index (κ2) is 5.37. The van der Waals surface area contributed by atoms with Crippen molar-refractivity contribution in [3.05, 3.63) is 0 Å². The average Bonchev–Trinajstić information content (AvgIpc) is 2.68. The van der Waals surface area contributed by atoms with E-state index in [2.05, 4.69) is 4.90 Å². The van der Waals surface area contributed by atoms with Gasteiger partial charge in [-0.1, -0.05) is 0 Å². The van der Waals surface area contributed by atoms with Crippen LogP contribution in [0.2, 0.25) is 0 Å². The van der Waals surface area contributed by atoms with Gasteiger partial charge in [-0.3, -0.25) is 9.69 Å². The topological polar surface area (TPSA) is 66.6 Å². The Labute approximate surface area is 127 Å². The van der Waals surface area contributed by atoms with Crippen LogP contribution < -0.4 is 5.73 Å². The summed E-state index contributed by atoms with van der Waals surface area (Å²) in [5.41, 5.74) is 2.89. The molecule has 0 aromatic rings. The van der Waals surface area contributed by atoms with E-state index in [1.165, 1.54) is 0 Å². The largest absolute Gasteiger partial charge is 0.417 e. The summed E-state index contributed by atoms with van der Waals surface area (Å²) in [6.45, 7) is 0. The minimum Gasteiger partial charge on any atom is -0.380 e. The number of carbonyl (C=O) groups is 1. The Balaban J connectivity index is 1.65. The lowest BCUT2D eigenvalue weighted by Gasteiger charge is -2.47. The third kappa shape index (κ3) is 2.62. The zero-order valence-corrected chi connectivity index (χ0v) is 12.5. The molecular formula is C15H23F3N2O2. The van der Waals surface area contributed by atoms with Gasteiger partial charge in [0.25, 0.3) is 0 Å². The maximum atomic E-state index is 12.9. The van der Waals surface area contributed by atoms with Gasteiger partial charge in [0.1, 0.15) is 0 Å². The van der Waals surface area contributed by atoms with Gasteiger partial charge in [0.2, 0.25) is 5.91 Å². The first kappa shape index (κ1) is 16.1. The molecule has 0 spiro atoms. The third-order valence-corrected chi connectivity index (χ3v) is 5.92. The van der Waals surface area contributed by atoms with Gasteiger partial charge in [-0.15, -0.1) is 0 Å². The number of hydrogen-bond acceptors (Lipinski definition) is 3. The quantitative estimate of drug-likeness (QED) is 0.817. The highest BCUT2D eigenvalue weighted by atomic mass is 19.4. The predicted octanol–water partition coefficient (Wildman–Crippen LogP) is 1.95. The minimum absolute atomic E-state index is 0.0916. The van der Waals surface area contributed by atoms with Gasteiger partial charge in [0.15, 0.2) is 5.60 Å². The van der Waals surface area contributed by atoms with Crippen LogP contribution in [0.3, 0.4) is 0 Å². The molecule has 4 nitrogen and oxygen atoms in total. The number of hydrogen-bond donors (Lipinski definition) is 2. The molecule has 3 aliphatic rings. The molecule has 2 atom stereocenters. The van der Waals surface area contributed by atoms with E-state index in [0.29, 0.717) is 12.8 Å². The Bertz CT molecular complexity index is 433. The summed E-state index contributed by atoms with van der Waals surface area (Å²) in [5, 5.41) is 9.78. The number of primary amides is 1. The summed E-state index contributed by atoms with van der Waals surface area (Å²) < 4.78 is 38.7. The molecule has 0 unspecified atom stereocenters. The number of amides is 1. The smallest absolute Gasteiger partial charge is 0.380 e. The van der Waals surface area contributed by atoms with Crippen LogP contribution in [0.25, 0.3) is 0 Å². The highest BCUT2D eigenvalue weighted by Gasteiger charge is 2.56. The lowest BCUT2D eigenvalue weighted by molar-refractivity contribution is -0.272. The fourth-order valence-corrected chi connectivity index (χ4v) is 4.70. The van der Waals surface area contributed by atoms with Gasteiger partial charge in [0, 0.05) is 24.0 Å². The number of alkyl halides is 3. The minimum atomic E-state index is -4.55. The zero-order valence-electron chi connectivity index (χ0n) is 12.5. The Morgan fingerprint density at radius 2 is 1.55 bits per heavy atom. The predicted molar refractivity (Wildman–Crippen MR) is 73.8 cm³/mol. The number of carbonyl (C=O) groups excluding carboxylic acids is 1. The molecule has 1 saturated carbocycles. The van der Waals surface area contributed by atoms with Crippen molar-refractivity contribution in [3.8, 4) is 0 Å². The summed E-state index contributed by atoms with van der Waals surface area (Å²) in [4.78, 5) is 13.7. The first-order valence-electron chi connectivity index (χ1n) is 8.07. The van der Waals surface area contributed by atoms with Crippen LogP contribution in [0.15, 0.2) is 0 Å². The van der Waals surface area contributed by atoms with Crippen LogP contribution in [0.1, 0.15) is 51.4 Å². The van der Waals surface area contributed by atoms with Crippen molar-refractivity contribution in [2.24, 2.45) is 11.7 Å². The molecule has 2 heterocycles. The van der Waals surface area contributed by atoms with Crippen LogP contribution in [0, 0.1) is 5.92 Å². The molecule has 0 aromatic heterocycles. The van der Waals surface area contributed by atoms with Crippen LogP contribution in [-0.4, -0.2) is 45.8 Å². The Hall–Kier alpha value is -0.820. The first-order chi connectivity index (χ1) is 10.2. The molecule has 3 fully saturated rings.